The van der Waals surface area contributed by atoms with Gasteiger partial charge in [-0.1, -0.05) is 77.1 Å². The van der Waals surface area contributed by atoms with Crippen molar-refractivity contribution < 1.29 is 128 Å². The number of allylic oxidation sites excluding steroid dienone is 5. The van der Waals surface area contributed by atoms with Gasteiger partial charge in [-0.3, -0.25) is 28.8 Å². The van der Waals surface area contributed by atoms with Gasteiger partial charge in [-0.05, 0) is 180 Å². The van der Waals surface area contributed by atoms with Crippen LogP contribution < -0.4 is 10.5 Å². The predicted molar refractivity (Wildman–Crippen MR) is 487 cm³/mol. The second kappa shape index (κ2) is 56.5. The number of carbonyl (C=O) groups is 7. The van der Waals surface area contributed by atoms with Crippen LogP contribution in [0.2, 0.25) is 0 Å². The Bertz CT molecular complexity index is 4260. The SMILES string of the molecule is CO[C@H]1C[C@@H]2CC[C@@H](C)[C@@](O)(O2)C(=O)C(=O)N2CCCC[C@H]2C(=O)O[C@H]([C@H](C)C[C@@H]2CC[C@@H](OC(=O)CCCOCCOCCOCCOCCOCCOCCOCCOCCC(=O)CCCS(=O)(=O)c3ccc(C(=O)N4CCOc5ccc(-c6ccc(N)nc6)cc5C4)c(C)c3)[C@H](OC)C2)C[C@@H](OC)[C@H](C)/C=C(\C)[C@@H](O)[C@@H](OC)C(=O)[C@H](C)C[C@H](C)/C=C/C=C/C=C/1C. The molecule has 32 heteroatoms. The van der Waals surface area contributed by atoms with Gasteiger partial charge in [0.05, 0.1) is 141 Å². The molecule has 2 bridgehead atoms. The molecule has 31 nitrogen and oxygen atoms in total. The van der Waals surface area contributed by atoms with Gasteiger partial charge < -0.3 is 102 Å². The first-order valence-corrected chi connectivity index (χ1v) is 48.1. The second-order valence-corrected chi connectivity index (χ2v) is 37.1. The number of nitrogens with zero attached hydrogens (tertiary/aromatic N) is 3. The fraction of sp³-hybridized carbons (Fsp3) is 0.673. The molecule has 3 fully saturated rings. The molecule has 0 unspecified atom stereocenters. The zero-order valence-corrected chi connectivity index (χ0v) is 79.4. The van der Waals surface area contributed by atoms with Crippen LogP contribution in [-0.2, 0) is 116 Å². The Morgan fingerprint density at radius 1 is 0.646 bits per heavy atom. The van der Waals surface area contributed by atoms with E-state index < -0.39 is 100.0 Å². The molecule has 3 aromatic rings. The molecule has 5 aliphatic rings. The number of pyridine rings is 1. The number of ether oxygens (including phenoxy) is 16. The van der Waals surface area contributed by atoms with Crippen molar-refractivity contribution in [3.63, 3.8) is 0 Å². The number of aryl methyl sites for hydroxylation is 1. The van der Waals surface area contributed by atoms with Crippen molar-refractivity contribution in [2.24, 2.45) is 35.5 Å². The van der Waals surface area contributed by atoms with Gasteiger partial charge in [-0.15, -0.1) is 0 Å². The van der Waals surface area contributed by atoms with E-state index in [2.05, 4.69) is 4.98 Å². The monoisotopic (exact) mass is 1840 g/mol. The van der Waals surface area contributed by atoms with Crippen molar-refractivity contribution in [3.05, 3.63) is 119 Å². The Hall–Kier alpha value is -7.61. The number of piperidine rings is 1. The number of anilines is 1. The molecule has 0 radical (unpaired) electrons. The maximum Gasteiger partial charge on any atom is 0.329 e. The molecule has 0 spiro atoms. The number of carbonyl (C=O) groups excluding carboxylic acids is 7. The van der Waals surface area contributed by atoms with Crippen molar-refractivity contribution in [3.8, 4) is 16.9 Å². The van der Waals surface area contributed by atoms with Crippen LogP contribution in [0.3, 0.4) is 0 Å². The highest BCUT2D eigenvalue weighted by molar-refractivity contribution is 7.91. The summed E-state index contributed by atoms with van der Waals surface area (Å²) in [6.07, 6.45) is 14.0. The topological polar surface area (TPSA) is 387 Å². The Balaban J connectivity index is 0.649. The summed E-state index contributed by atoms with van der Waals surface area (Å²) in [6.45, 7) is 21.5. The van der Waals surface area contributed by atoms with Crippen molar-refractivity contribution in [1.82, 2.24) is 14.8 Å². The minimum absolute atomic E-state index is 0.00737. The molecule has 726 valence electrons. The van der Waals surface area contributed by atoms with Crippen LogP contribution in [0.5, 0.6) is 5.75 Å². The summed E-state index contributed by atoms with van der Waals surface area (Å²) in [5.74, 6) is -7.12. The number of cyclic esters (lactones) is 1. The van der Waals surface area contributed by atoms with E-state index in [1.54, 1.807) is 65.3 Å². The Morgan fingerprint density at radius 3 is 1.92 bits per heavy atom. The fourth-order valence-electron chi connectivity index (χ4n) is 17.3. The van der Waals surface area contributed by atoms with Gasteiger partial charge in [0.1, 0.15) is 54.4 Å². The number of fused-ring (bicyclic) bond motifs is 4. The fourth-order valence-corrected chi connectivity index (χ4v) is 18.7. The Morgan fingerprint density at radius 2 is 1.29 bits per heavy atom. The van der Waals surface area contributed by atoms with Crippen LogP contribution in [0.25, 0.3) is 11.1 Å². The largest absolute Gasteiger partial charge is 0.491 e. The van der Waals surface area contributed by atoms with Crippen LogP contribution in [0.4, 0.5) is 5.82 Å². The molecule has 2 aromatic carbocycles. The number of benzene rings is 2. The van der Waals surface area contributed by atoms with Gasteiger partial charge in [-0.2, -0.15) is 0 Å². The lowest BCUT2D eigenvalue weighted by molar-refractivity contribution is -0.265. The Kier molecular flexibility index (Phi) is 46.9. The average molecular weight is 1840 g/mol. The minimum atomic E-state index is -3.72. The number of nitrogens with two attached hydrogens (primary N) is 1. The van der Waals surface area contributed by atoms with E-state index in [0.717, 1.165) is 22.3 Å². The Labute approximate surface area is 769 Å². The number of aliphatic hydroxyl groups is 2. The third-order valence-electron chi connectivity index (χ3n) is 25.1. The third-order valence-corrected chi connectivity index (χ3v) is 26.9. The highest BCUT2D eigenvalue weighted by Crippen LogP contribution is 2.40. The number of hydrogen-bond acceptors (Lipinski definition) is 29. The number of ketones is 3. The van der Waals surface area contributed by atoms with Gasteiger partial charge in [0.15, 0.2) is 15.6 Å². The summed E-state index contributed by atoms with van der Waals surface area (Å²) in [6, 6.07) is 12.8. The number of esters is 2. The average Bonchev–Trinajstić information content (AvgIpc) is 0.867. The van der Waals surface area contributed by atoms with Gasteiger partial charge in [0.25, 0.3) is 17.6 Å². The van der Waals surface area contributed by atoms with E-state index in [0.29, 0.717) is 211 Å². The van der Waals surface area contributed by atoms with Gasteiger partial charge in [-0.25, -0.2) is 18.2 Å². The van der Waals surface area contributed by atoms with E-state index in [1.165, 1.54) is 24.1 Å². The molecule has 4 N–H and O–H groups in total. The summed E-state index contributed by atoms with van der Waals surface area (Å²) < 4.78 is 120. The van der Waals surface area contributed by atoms with Crippen LogP contribution in [0, 0.1) is 42.4 Å². The zero-order valence-electron chi connectivity index (χ0n) is 78.6. The van der Waals surface area contributed by atoms with Crippen LogP contribution in [0.15, 0.2) is 107 Å². The normalized spacial score (nSPS) is 27.2. The summed E-state index contributed by atoms with van der Waals surface area (Å²) in [5, 5.41) is 24.0. The molecular weight excluding hydrogens is 1700 g/mol. The zero-order chi connectivity index (χ0) is 94.1. The molecule has 5 heterocycles. The number of aliphatic hydroxyl groups excluding tert-OH is 1. The van der Waals surface area contributed by atoms with Crippen LogP contribution in [-0.4, -0.2) is 295 Å². The van der Waals surface area contributed by atoms with Crippen molar-refractivity contribution in [2.75, 3.05) is 165 Å². The molecule has 4 aliphatic heterocycles. The third kappa shape index (κ3) is 34.4. The van der Waals surface area contributed by atoms with Gasteiger partial charge in [0.2, 0.25) is 5.79 Å². The predicted octanol–water partition coefficient (Wildman–Crippen LogP) is 11.3. The van der Waals surface area contributed by atoms with E-state index in [-0.39, 0.29) is 116 Å². The van der Waals surface area contributed by atoms with Crippen molar-refractivity contribution in [1.29, 1.82) is 0 Å². The maximum atomic E-state index is 14.9. The molecule has 130 heavy (non-hydrogen) atoms. The summed E-state index contributed by atoms with van der Waals surface area (Å²) in [4.78, 5) is 105. The number of rotatable bonds is 43. The maximum absolute atomic E-state index is 14.9. The number of aromatic nitrogens is 1. The standard InChI is InChI=1S/C98H146N4O27S/c1-66-20-14-13-15-21-67(2)85(114-9)62-79-29-25-73(8)98(111,129-79)94(107)96(109)102-36-17-16-23-82(102)97(110)128-87(63-86(115-10)69(4)57-72(7)92(106)93(117-12)91(105)71(6)56-66)70(5)58-74-26-32-84(88(60-74)116-11)127-90(104)24-18-38-118-41-43-120-45-47-122-49-51-124-53-54-125-52-50-123-48-46-121-44-42-119-39-35-78(103)22-19-55-130(112,113)80-30-31-81(68(3)59-80)95(108)101-37-40-126-83-33-27-75(61-77(83)65-101)76-28-34-89(99)100-64-76/h13-15,20-21,27-28,30-31,33-34,57,59,61,64,66,69-71,73-74,79,82,84-88,92-93,106,111H,16-19,22-26,29,32,35-56,58,60,62-63,65H2,1-12H3,(H2,99,100)/b15-13+,20-14+,67-21+,72-57+/t66-,69-,70-,71-,73-,74+,79+,82+,84-,85+,86-,87+,88-,92-,93+,98-/m1/s1. The lowest BCUT2D eigenvalue weighted by Gasteiger charge is -2.43. The lowest BCUT2D eigenvalue weighted by atomic mass is 9.78. The van der Waals surface area contributed by atoms with Crippen LogP contribution in [0.1, 0.15) is 179 Å². The van der Waals surface area contributed by atoms with Gasteiger partial charge in [0, 0.05) is 121 Å². The summed E-state index contributed by atoms with van der Waals surface area (Å²) >= 11 is 0. The quantitative estimate of drug-likeness (QED) is 0.0205. The summed E-state index contributed by atoms with van der Waals surface area (Å²) in [5.41, 5.74) is 10.7. The summed E-state index contributed by atoms with van der Waals surface area (Å²) in [7, 11) is 2.44. The van der Waals surface area contributed by atoms with E-state index in [1.807, 2.05) is 95.3 Å². The van der Waals surface area contributed by atoms with E-state index >= 15 is 0 Å². The van der Waals surface area contributed by atoms with Crippen LogP contribution >= 0.6 is 0 Å². The highest BCUT2D eigenvalue weighted by atomic mass is 32.2. The number of Topliss-reactive ketones (excluding diaryl/α,β-unsaturated/α-hetero) is 3. The molecule has 2 amide bonds. The second-order valence-electron chi connectivity index (χ2n) is 35.0. The van der Waals surface area contributed by atoms with Crippen molar-refractivity contribution in [2.45, 2.75) is 237 Å². The van der Waals surface area contributed by atoms with E-state index in [9.17, 15) is 52.2 Å². The lowest BCUT2D eigenvalue weighted by Crippen LogP contribution is -2.61. The number of nitrogen functional groups attached to an aromatic ring is 1. The first kappa shape index (κ1) is 108. The molecule has 1 aliphatic carbocycles. The molecule has 1 aromatic heterocycles. The molecule has 16 atom stereocenters. The number of amides is 2. The minimum Gasteiger partial charge on any atom is -0.491 e. The first-order valence-electron chi connectivity index (χ1n) is 46.4. The number of methoxy groups -OCH3 is 4. The number of sulfone groups is 1. The first-order chi connectivity index (χ1) is 62.5. The van der Waals surface area contributed by atoms with E-state index in [4.69, 9.17) is 81.5 Å². The molecular formula is C98H146N4O27S. The molecule has 2 saturated heterocycles. The molecule has 8 rings (SSSR count). The number of hydrogen-bond donors (Lipinski definition) is 3. The van der Waals surface area contributed by atoms with Crippen molar-refractivity contribution >= 4 is 56.8 Å². The van der Waals surface area contributed by atoms with Gasteiger partial charge >= 0.3 is 11.9 Å². The molecule has 1 saturated carbocycles. The smallest absolute Gasteiger partial charge is 0.329 e. The highest BCUT2D eigenvalue weighted by Gasteiger charge is 2.53.